The molecule has 0 rings (SSSR count). The smallest absolute Gasteiger partial charge is 0.0198 e. The fourth-order valence-electron chi connectivity index (χ4n) is 0.581. The predicted molar refractivity (Wildman–Crippen MR) is 62.7 cm³/mol. The zero-order valence-electron chi connectivity index (χ0n) is 8.77. The molecule has 76 valence electrons. The van der Waals surface area contributed by atoms with Gasteiger partial charge in [0.2, 0.25) is 0 Å². The highest BCUT2D eigenvalue weighted by Crippen LogP contribution is 2.13. The van der Waals surface area contributed by atoms with Crippen molar-refractivity contribution in [2.45, 2.75) is 51.3 Å². The Labute approximate surface area is 88.5 Å². The molecule has 0 aliphatic rings. The fourth-order valence-corrected chi connectivity index (χ4v) is 0.660. The molecule has 0 aromatic carbocycles. The number of nitrogens with one attached hydrogen (secondary N) is 1. The van der Waals surface area contributed by atoms with Crippen LogP contribution in [0.25, 0.3) is 0 Å². The van der Waals surface area contributed by atoms with Crippen LogP contribution in [0.5, 0.6) is 0 Å². The summed E-state index contributed by atoms with van der Waals surface area (Å²) < 4.78 is 0.0897. The molecular weight excluding hydrogens is 190 g/mol. The molecule has 0 saturated heterocycles. The Morgan fingerprint density at radius 3 is 1.83 bits per heavy atom. The van der Waals surface area contributed by atoms with E-state index in [2.05, 4.69) is 52.6 Å². The molecule has 0 aliphatic heterocycles. The molecule has 3 heteroatoms. The second kappa shape index (κ2) is 5.36. The maximum absolute atomic E-state index is 4.44. The van der Waals surface area contributed by atoms with E-state index >= 15 is 0 Å². The quantitative estimate of drug-likeness (QED) is 0.682. The van der Waals surface area contributed by atoms with E-state index < -0.39 is 0 Å². The topological polar surface area (TPSA) is 12.0 Å². The van der Waals surface area contributed by atoms with Gasteiger partial charge in [-0.2, -0.15) is 12.6 Å². The van der Waals surface area contributed by atoms with Crippen LogP contribution >= 0.6 is 25.0 Å². The summed E-state index contributed by atoms with van der Waals surface area (Å²) in [6.45, 7) is 11.8. The van der Waals surface area contributed by atoms with Crippen LogP contribution in [0.15, 0.2) is 0 Å². The number of rotatable bonds is 4. The third kappa shape index (κ3) is 8.69. The van der Waals surface area contributed by atoms with Crippen LogP contribution in [0.3, 0.4) is 0 Å². The zero-order chi connectivity index (χ0) is 9.12. The summed E-state index contributed by atoms with van der Waals surface area (Å²) in [6.07, 6.45) is 1.15. The van der Waals surface area contributed by atoms with E-state index in [1.807, 2.05) is 0 Å². The Kier molecular flexibility index (Phi) is 6.73. The molecule has 12 heavy (non-hydrogen) atoms. The number of hydrogen-bond donors (Lipinski definition) is 2. The van der Waals surface area contributed by atoms with Crippen molar-refractivity contribution in [1.82, 2.24) is 5.32 Å². The molecule has 0 atom stereocenters. The van der Waals surface area contributed by atoms with Crippen LogP contribution in [-0.2, 0) is 0 Å². The lowest BCUT2D eigenvalue weighted by Crippen LogP contribution is -2.44. The van der Waals surface area contributed by atoms with Crippen molar-refractivity contribution in [3.63, 3.8) is 0 Å². The Hall–Kier alpha value is 0.600. The van der Waals surface area contributed by atoms with E-state index in [1.165, 1.54) is 0 Å². The minimum Gasteiger partial charge on any atom is -0.310 e. The summed E-state index contributed by atoms with van der Waals surface area (Å²) in [5, 5.41) is 3.47. The van der Waals surface area contributed by atoms with Gasteiger partial charge in [-0.1, -0.05) is 6.92 Å². The Morgan fingerprint density at radius 1 is 1.17 bits per heavy atom. The molecule has 0 aliphatic carbocycles. The van der Waals surface area contributed by atoms with Crippen molar-refractivity contribution in [2.24, 2.45) is 0 Å². The molecule has 0 spiro atoms. The minimum atomic E-state index is 0. The molecule has 0 radical (unpaired) electrons. The molecule has 1 N–H and O–H groups in total. The van der Waals surface area contributed by atoms with Crippen molar-refractivity contribution < 1.29 is 0 Å². The maximum atomic E-state index is 4.44. The van der Waals surface area contributed by atoms with E-state index in [0.717, 1.165) is 13.0 Å². The summed E-state index contributed by atoms with van der Waals surface area (Å²) in [6, 6.07) is 0. The second-order valence-electron chi connectivity index (χ2n) is 4.40. The van der Waals surface area contributed by atoms with E-state index in [-0.39, 0.29) is 22.7 Å². The number of hydrogen-bond acceptors (Lipinski definition) is 2. The first kappa shape index (κ1) is 15.1. The van der Waals surface area contributed by atoms with Crippen molar-refractivity contribution >= 4 is 25.0 Å². The van der Waals surface area contributed by atoms with Crippen LogP contribution < -0.4 is 5.32 Å². The average Bonchev–Trinajstić information content (AvgIpc) is 1.83. The van der Waals surface area contributed by atoms with E-state index in [1.54, 1.807) is 0 Å². The van der Waals surface area contributed by atoms with Crippen molar-refractivity contribution in [3.8, 4) is 0 Å². The highest BCUT2D eigenvalue weighted by molar-refractivity contribution is 7.81. The van der Waals surface area contributed by atoms with Crippen LogP contribution in [0, 0.1) is 0 Å². The number of halogens is 1. The van der Waals surface area contributed by atoms with E-state index in [9.17, 15) is 0 Å². The fraction of sp³-hybridized carbons (Fsp3) is 1.00. The van der Waals surface area contributed by atoms with Crippen molar-refractivity contribution in [3.05, 3.63) is 0 Å². The Balaban J connectivity index is 0. The predicted octanol–water partition coefficient (Wildman–Crippen LogP) is 2.89. The van der Waals surface area contributed by atoms with Gasteiger partial charge in [-0.3, -0.25) is 0 Å². The lowest BCUT2D eigenvalue weighted by atomic mass is 10.0. The number of thiol groups is 1. The molecule has 1 nitrogen and oxygen atoms in total. The SMILES string of the molecule is CCC(C)(C)NCC(C)(C)S.Cl. The van der Waals surface area contributed by atoms with Gasteiger partial charge in [-0.05, 0) is 34.1 Å². The summed E-state index contributed by atoms with van der Waals surface area (Å²) in [7, 11) is 0. The van der Waals surface area contributed by atoms with Gasteiger partial charge in [0.25, 0.3) is 0 Å². The first-order valence-electron chi connectivity index (χ1n) is 4.24. The summed E-state index contributed by atoms with van der Waals surface area (Å²) in [4.78, 5) is 0. The van der Waals surface area contributed by atoms with Crippen LogP contribution in [-0.4, -0.2) is 16.8 Å². The summed E-state index contributed by atoms with van der Waals surface area (Å²) in [5.41, 5.74) is 0.250. The van der Waals surface area contributed by atoms with E-state index in [4.69, 9.17) is 0 Å². The first-order valence-corrected chi connectivity index (χ1v) is 4.69. The molecule has 0 saturated carbocycles. The largest absolute Gasteiger partial charge is 0.310 e. The third-order valence-corrected chi connectivity index (χ3v) is 2.04. The molecule has 0 aromatic heterocycles. The van der Waals surface area contributed by atoms with Crippen molar-refractivity contribution in [1.29, 1.82) is 0 Å². The van der Waals surface area contributed by atoms with Crippen molar-refractivity contribution in [2.75, 3.05) is 6.54 Å². The minimum absolute atomic E-state index is 0. The standard InChI is InChI=1S/C9H21NS.ClH/c1-6-8(2,3)10-7-9(4,5)11;/h10-11H,6-7H2,1-5H3;1H. The molecule has 0 heterocycles. The molecule has 0 amide bonds. The molecule has 0 aromatic rings. The molecule has 0 fully saturated rings. The first-order chi connectivity index (χ1) is 4.77. The highest BCUT2D eigenvalue weighted by Gasteiger charge is 2.18. The normalized spacial score (nSPS) is 12.5. The van der Waals surface area contributed by atoms with Gasteiger partial charge in [0.05, 0.1) is 0 Å². The summed E-state index contributed by atoms with van der Waals surface area (Å²) >= 11 is 4.44. The molecular formula is C9H22ClNS. The lowest BCUT2D eigenvalue weighted by Gasteiger charge is -2.29. The van der Waals surface area contributed by atoms with Gasteiger partial charge in [0, 0.05) is 16.8 Å². The maximum Gasteiger partial charge on any atom is 0.0198 e. The van der Waals surface area contributed by atoms with E-state index in [0.29, 0.717) is 0 Å². The van der Waals surface area contributed by atoms with Gasteiger partial charge >= 0.3 is 0 Å². The Morgan fingerprint density at radius 2 is 1.58 bits per heavy atom. The van der Waals surface area contributed by atoms with Gasteiger partial charge in [0.1, 0.15) is 0 Å². The second-order valence-corrected chi connectivity index (χ2v) is 5.61. The van der Waals surface area contributed by atoms with Gasteiger partial charge in [0.15, 0.2) is 0 Å². The van der Waals surface area contributed by atoms with Crippen LogP contribution in [0.1, 0.15) is 41.0 Å². The lowest BCUT2D eigenvalue weighted by molar-refractivity contribution is 0.363. The van der Waals surface area contributed by atoms with Gasteiger partial charge in [-0.25, -0.2) is 0 Å². The average molecular weight is 212 g/mol. The summed E-state index contributed by atoms with van der Waals surface area (Å²) in [5.74, 6) is 0. The monoisotopic (exact) mass is 211 g/mol. The van der Waals surface area contributed by atoms with Crippen LogP contribution in [0.2, 0.25) is 0 Å². The zero-order valence-corrected chi connectivity index (χ0v) is 10.5. The van der Waals surface area contributed by atoms with Gasteiger partial charge in [-0.15, -0.1) is 12.4 Å². The Bertz CT molecular complexity index is 118. The third-order valence-electron chi connectivity index (χ3n) is 1.88. The van der Waals surface area contributed by atoms with Crippen LogP contribution in [0.4, 0.5) is 0 Å². The van der Waals surface area contributed by atoms with Gasteiger partial charge < -0.3 is 5.32 Å². The molecule has 0 bridgehead atoms. The highest BCUT2D eigenvalue weighted by atomic mass is 35.5. The molecule has 0 unspecified atom stereocenters.